The molecule has 7 nitrogen and oxygen atoms in total. The van der Waals surface area contributed by atoms with Crippen molar-refractivity contribution in [1.82, 2.24) is 19.3 Å². The highest BCUT2D eigenvalue weighted by Gasteiger charge is 2.14. The third-order valence-corrected chi connectivity index (χ3v) is 2.09. The first-order valence-corrected chi connectivity index (χ1v) is 4.71. The van der Waals surface area contributed by atoms with Crippen LogP contribution in [0, 0.1) is 0 Å². The van der Waals surface area contributed by atoms with E-state index in [9.17, 15) is 9.59 Å². The van der Waals surface area contributed by atoms with Crippen molar-refractivity contribution in [3.05, 3.63) is 22.9 Å². The van der Waals surface area contributed by atoms with Crippen molar-refractivity contribution in [2.24, 2.45) is 7.05 Å². The van der Waals surface area contributed by atoms with Crippen molar-refractivity contribution in [3.8, 4) is 0 Å². The average Bonchev–Trinajstić information content (AvgIpc) is 2.68. The van der Waals surface area contributed by atoms with Gasteiger partial charge in [-0.3, -0.25) is 4.79 Å². The minimum Gasteiger partial charge on any atom is -0.448 e. The molecule has 2 heterocycles. The van der Waals surface area contributed by atoms with E-state index in [4.69, 9.17) is 4.74 Å². The van der Waals surface area contributed by atoms with Crippen molar-refractivity contribution in [1.29, 1.82) is 0 Å². The van der Waals surface area contributed by atoms with E-state index in [-0.39, 0.29) is 23.2 Å². The lowest BCUT2D eigenvalue weighted by molar-refractivity contribution is 0.151. The largest absolute Gasteiger partial charge is 0.448 e. The van der Waals surface area contributed by atoms with E-state index in [2.05, 4.69) is 10.1 Å². The van der Waals surface area contributed by atoms with Gasteiger partial charge in [-0.25, -0.2) is 9.78 Å². The predicted molar refractivity (Wildman–Crippen MR) is 55.2 cm³/mol. The fourth-order valence-electron chi connectivity index (χ4n) is 1.32. The molecule has 2 aromatic heterocycles. The molecule has 0 amide bonds. The van der Waals surface area contributed by atoms with E-state index in [0.717, 1.165) is 4.68 Å². The number of fused-ring (bicyclic) bond motifs is 1. The highest BCUT2D eigenvalue weighted by atomic mass is 16.5. The fourth-order valence-corrected chi connectivity index (χ4v) is 1.32. The molecule has 0 aliphatic heterocycles. The van der Waals surface area contributed by atoms with Gasteiger partial charge in [-0.2, -0.15) is 5.10 Å². The van der Waals surface area contributed by atoms with Crippen LogP contribution in [-0.4, -0.2) is 32.0 Å². The zero-order valence-electron chi connectivity index (χ0n) is 8.88. The van der Waals surface area contributed by atoms with Crippen molar-refractivity contribution in [2.45, 2.75) is 6.92 Å². The van der Waals surface area contributed by atoms with Gasteiger partial charge in [-0.15, -0.1) is 4.68 Å². The summed E-state index contributed by atoms with van der Waals surface area (Å²) < 4.78 is 7.07. The standard InChI is InChI=1S/C9H10N4O3/c1-3-16-9(15)13-7-6(4-11-13)8(14)12(2)5-10-7/h4-5H,3H2,1-2H3. The molecule has 0 spiro atoms. The molecule has 84 valence electrons. The number of nitrogens with zero attached hydrogens (tertiary/aromatic N) is 4. The molecule has 0 fully saturated rings. The van der Waals surface area contributed by atoms with Gasteiger partial charge in [0.25, 0.3) is 5.56 Å². The lowest BCUT2D eigenvalue weighted by Crippen LogP contribution is -2.19. The zero-order valence-corrected chi connectivity index (χ0v) is 8.88. The Balaban J connectivity index is 2.63. The van der Waals surface area contributed by atoms with Crippen LogP contribution in [0.5, 0.6) is 0 Å². The zero-order chi connectivity index (χ0) is 11.7. The summed E-state index contributed by atoms with van der Waals surface area (Å²) in [7, 11) is 1.58. The molecule has 0 N–H and O–H groups in total. The summed E-state index contributed by atoms with van der Waals surface area (Å²) in [6.45, 7) is 1.93. The van der Waals surface area contributed by atoms with Gasteiger partial charge in [0.15, 0.2) is 5.65 Å². The van der Waals surface area contributed by atoms with E-state index in [1.54, 1.807) is 14.0 Å². The Bertz CT molecular complexity index is 598. The van der Waals surface area contributed by atoms with Gasteiger partial charge in [0.2, 0.25) is 0 Å². The molecule has 2 rings (SSSR count). The molecule has 7 heteroatoms. The number of rotatable bonds is 1. The van der Waals surface area contributed by atoms with Crippen LogP contribution in [0.1, 0.15) is 6.92 Å². The molecule has 0 atom stereocenters. The maximum Gasteiger partial charge on any atom is 0.436 e. The summed E-state index contributed by atoms with van der Waals surface area (Å²) in [5.74, 6) is 0. The summed E-state index contributed by atoms with van der Waals surface area (Å²) >= 11 is 0. The van der Waals surface area contributed by atoms with Crippen LogP contribution in [0.3, 0.4) is 0 Å². The first kappa shape index (κ1) is 10.3. The minimum atomic E-state index is -0.641. The van der Waals surface area contributed by atoms with Crippen LogP contribution in [-0.2, 0) is 11.8 Å². The SMILES string of the molecule is CCOC(=O)n1ncc2c(=O)n(C)cnc21. The summed E-state index contributed by atoms with van der Waals surface area (Å²) in [4.78, 5) is 27.1. The second kappa shape index (κ2) is 3.76. The maximum absolute atomic E-state index is 11.6. The molecule has 0 bridgehead atoms. The van der Waals surface area contributed by atoms with Crippen LogP contribution in [0.4, 0.5) is 4.79 Å². The quantitative estimate of drug-likeness (QED) is 0.685. The van der Waals surface area contributed by atoms with Gasteiger partial charge in [0, 0.05) is 7.05 Å². The highest BCUT2D eigenvalue weighted by Crippen LogP contribution is 2.05. The third-order valence-electron chi connectivity index (χ3n) is 2.09. The molecule has 16 heavy (non-hydrogen) atoms. The van der Waals surface area contributed by atoms with Crippen LogP contribution in [0.25, 0.3) is 11.0 Å². The summed E-state index contributed by atoms with van der Waals surface area (Å²) in [5, 5.41) is 4.07. The summed E-state index contributed by atoms with van der Waals surface area (Å²) in [6.07, 6.45) is 2.00. The first-order chi connectivity index (χ1) is 7.65. The average molecular weight is 222 g/mol. The summed E-state index contributed by atoms with van der Waals surface area (Å²) in [5.41, 5.74) is -0.0397. The van der Waals surface area contributed by atoms with Gasteiger partial charge in [0.05, 0.1) is 19.1 Å². The van der Waals surface area contributed by atoms with Gasteiger partial charge >= 0.3 is 6.09 Å². The topological polar surface area (TPSA) is 79.0 Å². The van der Waals surface area contributed by atoms with Crippen LogP contribution in [0.2, 0.25) is 0 Å². The van der Waals surface area contributed by atoms with Crippen LogP contribution < -0.4 is 5.56 Å². The summed E-state index contributed by atoms with van der Waals surface area (Å²) in [6, 6.07) is 0. The van der Waals surface area contributed by atoms with E-state index in [1.165, 1.54) is 17.1 Å². The predicted octanol–water partition coefficient (Wildman–Crippen LogP) is 0.135. The smallest absolute Gasteiger partial charge is 0.436 e. The number of aryl methyl sites for hydroxylation is 1. The third kappa shape index (κ3) is 1.46. The molecule has 0 unspecified atom stereocenters. The molecule has 0 aliphatic carbocycles. The lowest BCUT2D eigenvalue weighted by Gasteiger charge is -2.01. The van der Waals surface area contributed by atoms with Crippen molar-refractivity contribution < 1.29 is 9.53 Å². The second-order valence-electron chi connectivity index (χ2n) is 3.15. The highest BCUT2D eigenvalue weighted by molar-refractivity contribution is 5.84. The molecular formula is C9H10N4O3. The fraction of sp³-hybridized carbons (Fsp3) is 0.333. The number of hydrogen-bond donors (Lipinski definition) is 0. The van der Waals surface area contributed by atoms with E-state index >= 15 is 0 Å². The van der Waals surface area contributed by atoms with Crippen molar-refractivity contribution >= 4 is 17.1 Å². The maximum atomic E-state index is 11.6. The first-order valence-electron chi connectivity index (χ1n) is 4.71. The molecule has 0 saturated heterocycles. The Morgan fingerprint density at radius 1 is 1.56 bits per heavy atom. The Kier molecular flexibility index (Phi) is 2.43. The van der Waals surface area contributed by atoms with Gasteiger partial charge in [0.1, 0.15) is 5.39 Å². The van der Waals surface area contributed by atoms with Crippen molar-refractivity contribution in [3.63, 3.8) is 0 Å². The van der Waals surface area contributed by atoms with Gasteiger partial charge < -0.3 is 9.30 Å². The number of carbonyl (C=O) groups excluding carboxylic acids is 1. The molecule has 0 radical (unpaired) electrons. The van der Waals surface area contributed by atoms with Crippen molar-refractivity contribution in [2.75, 3.05) is 6.61 Å². The Morgan fingerprint density at radius 2 is 2.31 bits per heavy atom. The molecule has 0 saturated carbocycles. The Hall–Kier alpha value is -2.18. The van der Waals surface area contributed by atoms with Crippen LogP contribution in [0.15, 0.2) is 17.3 Å². The van der Waals surface area contributed by atoms with Crippen LogP contribution >= 0.6 is 0 Å². The van der Waals surface area contributed by atoms with E-state index in [1.807, 2.05) is 0 Å². The molecule has 0 aliphatic rings. The minimum absolute atomic E-state index is 0.210. The van der Waals surface area contributed by atoms with E-state index < -0.39 is 6.09 Å². The normalized spacial score (nSPS) is 10.6. The number of carbonyl (C=O) groups is 1. The van der Waals surface area contributed by atoms with Gasteiger partial charge in [-0.05, 0) is 6.92 Å². The Morgan fingerprint density at radius 3 is 3.00 bits per heavy atom. The van der Waals surface area contributed by atoms with Gasteiger partial charge in [-0.1, -0.05) is 0 Å². The second-order valence-corrected chi connectivity index (χ2v) is 3.15. The van der Waals surface area contributed by atoms with E-state index in [0.29, 0.717) is 0 Å². The Labute approximate surface area is 90.3 Å². The molecular weight excluding hydrogens is 212 g/mol. The molecule has 2 aromatic rings. The lowest BCUT2D eigenvalue weighted by atomic mass is 10.4. The number of aromatic nitrogens is 4. The number of ether oxygens (including phenoxy) is 1. The number of hydrogen-bond acceptors (Lipinski definition) is 5. The monoisotopic (exact) mass is 222 g/mol. The molecule has 0 aromatic carbocycles.